The number of benzene rings is 2. The maximum absolute atomic E-state index is 12.9. The number of carbonyl (C=O) groups is 1. The zero-order valence-electron chi connectivity index (χ0n) is 13.8. The molecule has 1 aliphatic carbocycles. The molecule has 3 N–H and O–H groups in total. The van der Waals surface area contributed by atoms with Gasteiger partial charge in [-0.1, -0.05) is 51.8 Å². The van der Waals surface area contributed by atoms with Crippen molar-refractivity contribution in [3.8, 4) is 21.6 Å². The lowest BCUT2D eigenvalue weighted by molar-refractivity contribution is 0.0953. The molecule has 1 aliphatic rings. The van der Waals surface area contributed by atoms with Crippen LogP contribution in [0.2, 0.25) is 5.02 Å². The Bertz CT molecular complexity index is 963. The highest BCUT2D eigenvalue weighted by Gasteiger charge is 2.29. The maximum atomic E-state index is 12.9. The van der Waals surface area contributed by atoms with Gasteiger partial charge in [0, 0.05) is 26.0 Å². The first-order valence-corrected chi connectivity index (χ1v) is 10.3. The van der Waals surface area contributed by atoms with Crippen molar-refractivity contribution in [3.05, 3.63) is 63.6 Å². The smallest absolute Gasteiger partial charge is 0.255 e. The van der Waals surface area contributed by atoms with Crippen molar-refractivity contribution in [2.75, 3.05) is 5.73 Å². The van der Waals surface area contributed by atoms with E-state index in [9.17, 15) is 4.79 Å². The molecule has 2 aromatic carbocycles. The molecule has 0 unspecified atom stereocenters. The molecule has 0 saturated heterocycles. The number of carbonyl (C=O) groups excluding carboxylic acids is 1. The van der Waals surface area contributed by atoms with Crippen LogP contribution in [-0.2, 0) is 0 Å². The Morgan fingerprint density at radius 2 is 1.69 bits per heavy atom. The number of anilines is 1. The van der Waals surface area contributed by atoms with E-state index < -0.39 is 0 Å². The highest BCUT2D eigenvalue weighted by molar-refractivity contribution is 9.10. The van der Waals surface area contributed by atoms with Crippen LogP contribution in [0.4, 0.5) is 5.00 Å². The predicted octanol–water partition coefficient (Wildman–Crippen LogP) is 5.97. The number of nitrogens with one attached hydrogen (secondary N) is 1. The van der Waals surface area contributed by atoms with Crippen molar-refractivity contribution in [1.82, 2.24) is 5.32 Å². The molecule has 0 atom stereocenters. The van der Waals surface area contributed by atoms with Gasteiger partial charge in [0.2, 0.25) is 0 Å². The van der Waals surface area contributed by atoms with Gasteiger partial charge in [0.1, 0.15) is 0 Å². The van der Waals surface area contributed by atoms with Crippen LogP contribution in [0.25, 0.3) is 21.6 Å². The Balaban J connectivity index is 1.89. The van der Waals surface area contributed by atoms with E-state index >= 15 is 0 Å². The van der Waals surface area contributed by atoms with Gasteiger partial charge in [0.05, 0.1) is 10.6 Å². The Morgan fingerprint density at radius 1 is 1.08 bits per heavy atom. The number of nitrogen functional groups attached to an aromatic ring is 1. The molecule has 1 amide bonds. The number of halogens is 2. The van der Waals surface area contributed by atoms with Crippen LogP contribution in [0.15, 0.2) is 53.0 Å². The first-order valence-electron chi connectivity index (χ1n) is 8.28. The Labute approximate surface area is 169 Å². The summed E-state index contributed by atoms with van der Waals surface area (Å²) in [7, 11) is 0. The van der Waals surface area contributed by atoms with Crippen LogP contribution in [0.3, 0.4) is 0 Å². The second kappa shape index (κ2) is 7.06. The molecule has 0 radical (unpaired) electrons. The summed E-state index contributed by atoms with van der Waals surface area (Å²) < 4.78 is 1.01. The standard InChI is InChI=1S/C20H16BrClN2OS/c21-13-5-1-12(2-6-13)18-16(11-3-7-14(22)8-4-11)17(19(23)26-18)20(25)24-15-9-10-15/h1-8,15H,9-10,23H2,(H,24,25). The molecular weight excluding hydrogens is 432 g/mol. The van der Waals surface area contributed by atoms with Crippen molar-refractivity contribution >= 4 is 49.8 Å². The molecule has 1 heterocycles. The molecular formula is C20H16BrClN2OS. The van der Waals surface area contributed by atoms with Crippen LogP contribution in [-0.4, -0.2) is 11.9 Å². The van der Waals surface area contributed by atoms with Gasteiger partial charge < -0.3 is 11.1 Å². The van der Waals surface area contributed by atoms with E-state index in [4.69, 9.17) is 17.3 Å². The predicted molar refractivity (Wildman–Crippen MR) is 113 cm³/mol. The molecule has 0 bridgehead atoms. The van der Waals surface area contributed by atoms with Crippen LogP contribution in [0.1, 0.15) is 23.2 Å². The molecule has 1 fully saturated rings. The van der Waals surface area contributed by atoms with Crippen molar-refractivity contribution < 1.29 is 4.79 Å². The number of thiophene rings is 1. The van der Waals surface area contributed by atoms with E-state index in [0.717, 1.165) is 38.9 Å². The highest BCUT2D eigenvalue weighted by Crippen LogP contribution is 2.45. The van der Waals surface area contributed by atoms with Gasteiger partial charge in [-0.2, -0.15) is 0 Å². The van der Waals surface area contributed by atoms with Gasteiger partial charge in [-0.05, 0) is 48.2 Å². The summed E-state index contributed by atoms with van der Waals surface area (Å²) in [5, 5.41) is 4.25. The van der Waals surface area contributed by atoms with Crippen molar-refractivity contribution in [3.63, 3.8) is 0 Å². The minimum Gasteiger partial charge on any atom is -0.390 e. The monoisotopic (exact) mass is 446 g/mol. The van der Waals surface area contributed by atoms with Gasteiger partial charge in [0.15, 0.2) is 0 Å². The Hall–Kier alpha value is -1.82. The molecule has 26 heavy (non-hydrogen) atoms. The molecule has 6 heteroatoms. The van der Waals surface area contributed by atoms with Gasteiger partial charge in [-0.25, -0.2) is 0 Å². The first kappa shape index (κ1) is 17.6. The fourth-order valence-electron chi connectivity index (χ4n) is 2.86. The number of hydrogen-bond donors (Lipinski definition) is 2. The van der Waals surface area contributed by atoms with Crippen LogP contribution in [0, 0.1) is 0 Å². The number of rotatable bonds is 4. The van der Waals surface area contributed by atoms with Gasteiger partial charge in [-0.15, -0.1) is 11.3 Å². The summed E-state index contributed by atoms with van der Waals surface area (Å²) in [5.41, 5.74) is 9.68. The summed E-state index contributed by atoms with van der Waals surface area (Å²) in [6.45, 7) is 0. The average Bonchev–Trinajstić information content (AvgIpc) is 3.36. The number of nitrogens with two attached hydrogens (primary N) is 1. The lowest BCUT2D eigenvalue weighted by Crippen LogP contribution is -2.26. The van der Waals surface area contributed by atoms with E-state index in [0.29, 0.717) is 15.6 Å². The van der Waals surface area contributed by atoms with Crippen LogP contribution in [0.5, 0.6) is 0 Å². The quantitative estimate of drug-likeness (QED) is 0.517. The van der Waals surface area contributed by atoms with Crippen molar-refractivity contribution in [1.29, 1.82) is 0 Å². The fourth-order valence-corrected chi connectivity index (χ4v) is 4.34. The maximum Gasteiger partial charge on any atom is 0.255 e. The summed E-state index contributed by atoms with van der Waals surface area (Å²) in [4.78, 5) is 13.8. The zero-order valence-corrected chi connectivity index (χ0v) is 16.9. The molecule has 1 saturated carbocycles. The SMILES string of the molecule is Nc1sc(-c2ccc(Br)cc2)c(-c2ccc(Cl)cc2)c1C(=O)NC1CC1. The van der Waals surface area contributed by atoms with Crippen molar-refractivity contribution in [2.24, 2.45) is 0 Å². The lowest BCUT2D eigenvalue weighted by Gasteiger charge is -2.10. The third-order valence-corrected chi connectivity index (χ3v) is 6.16. The molecule has 3 nitrogen and oxygen atoms in total. The molecule has 0 aliphatic heterocycles. The normalized spacial score (nSPS) is 13.6. The van der Waals surface area contributed by atoms with Crippen LogP contribution < -0.4 is 11.1 Å². The molecule has 1 aromatic heterocycles. The van der Waals surface area contributed by atoms with E-state index in [1.165, 1.54) is 11.3 Å². The third-order valence-electron chi connectivity index (χ3n) is 4.31. The first-order chi connectivity index (χ1) is 12.5. The topological polar surface area (TPSA) is 55.1 Å². The number of amides is 1. The Kier molecular flexibility index (Phi) is 4.78. The van der Waals surface area contributed by atoms with E-state index in [2.05, 4.69) is 21.2 Å². The van der Waals surface area contributed by atoms with Gasteiger partial charge >= 0.3 is 0 Å². The summed E-state index contributed by atoms with van der Waals surface area (Å²) in [6.07, 6.45) is 2.07. The van der Waals surface area contributed by atoms with E-state index in [1.807, 2.05) is 48.5 Å². The largest absolute Gasteiger partial charge is 0.390 e. The molecule has 3 aromatic rings. The second-order valence-electron chi connectivity index (χ2n) is 6.31. The van der Waals surface area contributed by atoms with E-state index in [-0.39, 0.29) is 11.9 Å². The number of hydrogen-bond acceptors (Lipinski definition) is 3. The summed E-state index contributed by atoms with van der Waals surface area (Å²) in [5.74, 6) is -0.102. The average molecular weight is 448 g/mol. The second-order valence-corrected chi connectivity index (χ2v) is 8.71. The minimum absolute atomic E-state index is 0.102. The van der Waals surface area contributed by atoms with Gasteiger partial charge in [-0.3, -0.25) is 4.79 Å². The third kappa shape index (κ3) is 3.52. The van der Waals surface area contributed by atoms with Crippen molar-refractivity contribution in [2.45, 2.75) is 18.9 Å². The fraction of sp³-hybridized carbons (Fsp3) is 0.150. The summed E-state index contributed by atoms with van der Waals surface area (Å²) >= 11 is 11.0. The molecule has 132 valence electrons. The van der Waals surface area contributed by atoms with Gasteiger partial charge in [0.25, 0.3) is 5.91 Å². The minimum atomic E-state index is -0.102. The molecule has 4 rings (SSSR count). The van der Waals surface area contributed by atoms with Crippen LogP contribution >= 0.6 is 38.9 Å². The Morgan fingerprint density at radius 3 is 2.31 bits per heavy atom. The van der Waals surface area contributed by atoms with E-state index in [1.54, 1.807) is 0 Å². The molecule has 0 spiro atoms. The highest BCUT2D eigenvalue weighted by atomic mass is 79.9. The lowest BCUT2D eigenvalue weighted by atomic mass is 9.97. The summed E-state index contributed by atoms with van der Waals surface area (Å²) in [6, 6.07) is 15.8. The zero-order chi connectivity index (χ0) is 18.3.